The molecule has 1 aromatic carbocycles. The summed E-state index contributed by atoms with van der Waals surface area (Å²) in [6.45, 7) is 1.65. The van der Waals surface area contributed by atoms with E-state index in [1.165, 1.54) is 23.0 Å². The Labute approximate surface area is 157 Å². The summed E-state index contributed by atoms with van der Waals surface area (Å²) in [5.74, 6) is -0.982. The lowest BCUT2D eigenvalue weighted by atomic mass is 10.2. The minimum atomic E-state index is -0.582. The van der Waals surface area contributed by atoms with E-state index in [1.807, 2.05) is 0 Å². The molecule has 134 valence electrons. The number of carbonyl (C=O) groups is 2. The average Bonchev–Trinajstić information content (AvgIpc) is 3.05. The molecule has 1 N–H and O–H groups in total. The Bertz CT molecular complexity index is 1030. The molecule has 0 saturated heterocycles. The summed E-state index contributed by atoms with van der Waals surface area (Å²) in [5.41, 5.74) is 0.256. The standard InChI is InChI=1S/C17H14ClN3O4S/c1-2-25-17(24)12-8-26-15-14(12)16(23)21(9-19-15)7-13(22)20-11-5-3-10(18)4-6-11/h3-6,8-9H,2,7H2,1H3,(H,20,22). The molecule has 0 fully saturated rings. The molecule has 1 amide bonds. The maximum atomic E-state index is 12.7. The average molecular weight is 392 g/mol. The molecule has 0 aliphatic carbocycles. The molecule has 0 aliphatic heterocycles. The van der Waals surface area contributed by atoms with Crippen molar-refractivity contribution in [1.82, 2.24) is 9.55 Å². The van der Waals surface area contributed by atoms with Crippen molar-refractivity contribution < 1.29 is 14.3 Å². The quantitative estimate of drug-likeness (QED) is 0.675. The van der Waals surface area contributed by atoms with Gasteiger partial charge in [0, 0.05) is 16.1 Å². The highest BCUT2D eigenvalue weighted by molar-refractivity contribution is 7.17. The molecule has 0 spiro atoms. The van der Waals surface area contributed by atoms with E-state index >= 15 is 0 Å². The van der Waals surface area contributed by atoms with E-state index in [4.69, 9.17) is 16.3 Å². The number of hydrogen-bond donors (Lipinski definition) is 1. The van der Waals surface area contributed by atoms with Gasteiger partial charge in [0.15, 0.2) is 0 Å². The van der Waals surface area contributed by atoms with Gasteiger partial charge < -0.3 is 10.1 Å². The van der Waals surface area contributed by atoms with Crippen LogP contribution in [0.3, 0.4) is 0 Å². The Kier molecular flexibility index (Phi) is 5.34. The second-order valence-electron chi connectivity index (χ2n) is 5.28. The lowest BCUT2D eigenvalue weighted by Gasteiger charge is -2.08. The molecule has 0 unspecified atom stereocenters. The van der Waals surface area contributed by atoms with E-state index in [0.29, 0.717) is 15.5 Å². The van der Waals surface area contributed by atoms with Gasteiger partial charge in [0.1, 0.15) is 11.4 Å². The number of thiophene rings is 1. The van der Waals surface area contributed by atoms with Crippen LogP contribution in [-0.4, -0.2) is 28.0 Å². The monoisotopic (exact) mass is 391 g/mol. The number of benzene rings is 1. The molecule has 0 radical (unpaired) electrons. The fourth-order valence-electron chi connectivity index (χ4n) is 2.33. The summed E-state index contributed by atoms with van der Waals surface area (Å²) in [5, 5.41) is 4.92. The summed E-state index contributed by atoms with van der Waals surface area (Å²) in [6.07, 6.45) is 1.29. The predicted octanol–water partition coefficient (Wildman–Crippen LogP) is 2.93. The highest BCUT2D eigenvalue weighted by Crippen LogP contribution is 2.21. The molecule has 26 heavy (non-hydrogen) atoms. The summed E-state index contributed by atoms with van der Waals surface area (Å²) in [7, 11) is 0. The number of anilines is 1. The highest BCUT2D eigenvalue weighted by atomic mass is 35.5. The third-order valence-electron chi connectivity index (χ3n) is 3.50. The number of nitrogens with one attached hydrogen (secondary N) is 1. The molecule has 3 rings (SSSR count). The van der Waals surface area contributed by atoms with Crippen molar-refractivity contribution in [1.29, 1.82) is 0 Å². The summed E-state index contributed by atoms with van der Waals surface area (Å²) in [6, 6.07) is 6.60. The van der Waals surface area contributed by atoms with Crippen LogP contribution >= 0.6 is 22.9 Å². The number of halogens is 1. The van der Waals surface area contributed by atoms with Crippen molar-refractivity contribution in [3.63, 3.8) is 0 Å². The number of esters is 1. The van der Waals surface area contributed by atoms with E-state index in [2.05, 4.69) is 10.3 Å². The van der Waals surface area contributed by atoms with Gasteiger partial charge in [0.2, 0.25) is 5.91 Å². The molecule has 7 nitrogen and oxygen atoms in total. The minimum Gasteiger partial charge on any atom is -0.462 e. The lowest BCUT2D eigenvalue weighted by Crippen LogP contribution is -2.28. The van der Waals surface area contributed by atoms with Crippen LogP contribution in [0.5, 0.6) is 0 Å². The van der Waals surface area contributed by atoms with E-state index in [0.717, 1.165) is 4.57 Å². The Morgan fingerprint density at radius 2 is 2.04 bits per heavy atom. The van der Waals surface area contributed by atoms with Crippen molar-refractivity contribution in [2.24, 2.45) is 0 Å². The number of rotatable bonds is 5. The van der Waals surface area contributed by atoms with Crippen LogP contribution in [0.4, 0.5) is 5.69 Å². The molecule has 0 bridgehead atoms. The first-order valence-electron chi connectivity index (χ1n) is 7.68. The van der Waals surface area contributed by atoms with E-state index in [9.17, 15) is 14.4 Å². The third-order valence-corrected chi connectivity index (χ3v) is 4.64. The second-order valence-corrected chi connectivity index (χ2v) is 6.58. The second kappa shape index (κ2) is 7.67. The fraction of sp³-hybridized carbons (Fsp3) is 0.176. The molecule has 0 atom stereocenters. The Balaban J connectivity index is 1.86. The first-order chi connectivity index (χ1) is 12.5. The number of nitrogens with zero attached hydrogens (tertiary/aromatic N) is 2. The minimum absolute atomic E-state index is 0.162. The molecule has 0 aliphatic rings. The van der Waals surface area contributed by atoms with Crippen molar-refractivity contribution in [2.45, 2.75) is 13.5 Å². The van der Waals surface area contributed by atoms with Crippen LogP contribution in [-0.2, 0) is 16.1 Å². The number of hydrogen-bond acceptors (Lipinski definition) is 6. The maximum Gasteiger partial charge on any atom is 0.339 e. The SMILES string of the molecule is CCOC(=O)c1csc2ncn(CC(=O)Nc3ccc(Cl)cc3)c(=O)c12. The molecule has 3 aromatic rings. The van der Waals surface area contributed by atoms with E-state index < -0.39 is 17.4 Å². The van der Waals surface area contributed by atoms with Gasteiger partial charge in [0.05, 0.1) is 23.9 Å². The van der Waals surface area contributed by atoms with E-state index in [1.54, 1.807) is 31.2 Å². The van der Waals surface area contributed by atoms with E-state index in [-0.39, 0.29) is 24.1 Å². The van der Waals surface area contributed by atoms with Crippen LogP contribution in [0, 0.1) is 0 Å². The van der Waals surface area contributed by atoms with Crippen LogP contribution in [0.2, 0.25) is 5.02 Å². The number of carbonyl (C=O) groups excluding carboxylic acids is 2. The lowest BCUT2D eigenvalue weighted by molar-refractivity contribution is -0.116. The molecular formula is C17H14ClN3O4S. The molecule has 2 aromatic heterocycles. The van der Waals surface area contributed by atoms with Crippen LogP contribution < -0.4 is 10.9 Å². The number of ether oxygens (including phenoxy) is 1. The fourth-order valence-corrected chi connectivity index (χ4v) is 3.32. The van der Waals surface area contributed by atoms with Gasteiger partial charge in [-0.3, -0.25) is 14.2 Å². The van der Waals surface area contributed by atoms with Gasteiger partial charge in [-0.25, -0.2) is 9.78 Å². The first-order valence-corrected chi connectivity index (χ1v) is 8.94. The zero-order chi connectivity index (χ0) is 18.7. The highest BCUT2D eigenvalue weighted by Gasteiger charge is 2.19. The summed E-state index contributed by atoms with van der Waals surface area (Å²) < 4.78 is 6.12. The largest absolute Gasteiger partial charge is 0.462 e. The summed E-state index contributed by atoms with van der Waals surface area (Å²) >= 11 is 6.98. The van der Waals surface area contributed by atoms with Gasteiger partial charge in [-0.05, 0) is 31.2 Å². The van der Waals surface area contributed by atoms with Crippen molar-refractivity contribution >= 4 is 50.7 Å². The predicted molar refractivity (Wildman–Crippen MR) is 99.9 cm³/mol. The Morgan fingerprint density at radius 1 is 1.31 bits per heavy atom. The van der Waals surface area contributed by atoms with Gasteiger partial charge in [0.25, 0.3) is 5.56 Å². The smallest absolute Gasteiger partial charge is 0.339 e. The maximum absolute atomic E-state index is 12.7. The first kappa shape index (κ1) is 18.1. The molecule has 0 saturated carbocycles. The number of fused-ring (bicyclic) bond motifs is 1. The third kappa shape index (κ3) is 3.76. The van der Waals surface area contributed by atoms with Crippen LogP contribution in [0.25, 0.3) is 10.2 Å². The molecule has 2 heterocycles. The number of aromatic nitrogens is 2. The van der Waals surface area contributed by atoms with Gasteiger partial charge in [-0.2, -0.15) is 0 Å². The molecular weight excluding hydrogens is 378 g/mol. The number of amides is 1. The summed E-state index contributed by atoms with van der Waals surface area (Å²) in [4.78, 5) is 41.4. The topological polar surface area (TPSA) is 90.3 Å². The van der Waals surface area contributed by atoms with Gasteiger partial charge in [-0.1, -0.05) is 11.6 Å². The van der Waals surface area contributed by atoms with Crippen molar-refractivity contribution in [2.75, 3.05) is 11.9 Å². The zero-order valence-electron chi connectivity index (χ0n) is 13.7. The Hall–Kier alpha value is -2.71. The normalized spacial score (nSPS) is 10.7. The van der Waals surface area contributed by atoms with Crippen molar-refractivity contribution in [3.05, 3.63) is 56.9 Å². The Morgan fingerprint density at radius 3 is 2.73 bits per heavy atom. The van der Waals surface area contributed by atoms with Gasteiger partial charge >= 0.3 is 5.97 Å². The van der Waals surface area contributed by atoms with Crippen molar-refractivity contribution in [3.8, 4) is 0 Å². The van der Waals surface area contributed by atoms with Crippen LogP contribution in [0.1, 0.15) is 17.3 Å². The van der Waals surface area contributed by atoms with Crippen LogP contribution in [0.15, 0.2) is 40.8 Å². The zero-order valence-corrected chi connectivity index (χ0v) is 15.3. The molecule has 9 heteroatoms. The van der Waals surface area contributed by atoms with Gasteiger partial charge in [-0.15, -0.1) is 11.3 Å².